The number of aryl methyl sites for hydroxylation is 2. The van der Waals surface area contributed by atoms with E-state index in [1.54, 1.807) is 49.8 Å². The van der Waals surface area contributed by atoms with Crippen LogP contribution in [0.1, 0.15) is 21.5 Å². The van der Waals surface area contributed by atoms with Crippen molar-refractivity contribution in [2.24, 2.45) is 0 Å². The standard InChI is InChI=1S/C26H25N3O5S/c1-19-7-8-20(2)25(17-19)35(31,32)34-22-11-9-21(10-12-22)26(30)28-23-5-3-4-6-24(23)33-16-15-29-14-13-27-18-29/h3-14,17-18H,15-16H2,1-2H3,(H,28,30). The molecule has 0 aliphatic heterocycles. The highest BCUT2D eigenvalue weighted by Gasteiger charge is 2.20. The molecule has 0 saturated carbocycles. The second kappa shape index (κ2) is 10.4. The number of amides is 1. The van der Waals surface area contributed by atoms with Crippen molar-refractivity contribution in [3.8, 4) is 11.5 Å². The average molecular weight is 492 g/mol. The number of carbonyl (C=O) groups excluding carboxylic acids is 1. The number of hydrogen-bond acceptors (Lipinski definition) is 6. The molecule has 1 amide bonds. The van der Waals surface area contributed by atoms with E-state index in [9.17, 15) is 13.2 Å². The van der Waals surface area contributed by atoms with Crippen LogP contribution in [-0.2, 0) is 16.7 Å². The lowest BCUT2D eigenvalue weighted by atomic mass is 10.2. The molecule has 4 aromatic rings. The van der Waals surface area contributed by atoms with Crippen molar-refractivity contribution in [3.63, 3.8) is 0 Å². The highest BCUT2D eigenvalue weighted by atomic mass is 32.2. The molecular weight excluding hydrogens is 466 g/mol. The van der Waals surface area contributed by atoms with Crippen LogP contribution in [0.25, 0.3) is 0 Å². The van der Waals surface area contributed by atoms with Gasteiger partial charge in [-0.1, -0.05) is 24.3 Å². The van der Waals surface area contributed by atoms with E-state index in [1.807, 2.05) is 29.8 Å². The summed E-state index contributed by atoms with van der Waals surface area (Å²) in [7, 11) is -4.00. The Bertz CT molecular complexity index is 1420. The second-order valence-electron chi connectivity index (χ2n) is 7.93. The molecule has 0 fully saturated rings. The Labute approximate surface area is 204 Å². The zero-order chi connectivity index (χ0) is 24.8. The molecule has 0 atom stereocenters. The van der Waals surface area contributed by atoms with Crippen molar-refractivity contribution < 1.29 is 22.1 Å². The number of para-hydroxylation sites is 2. The van der Waals surface area contributed by atoms with Gasteiger partial charge in [0.2, 0.25) is 0 Å². The van der Waals surface area contributed by atoms with Crippen molar-refractivity contribution in [1.82, 2.24) is 9.55 Å². The largest absolute Gasteiger partial charge is 0.490 e. The van der Waals surface area contributed by atoms with E-state index < -0.39 is 10.1 Å². The molecule has 0 saturated heterocycles. The molecular formula is C26H25N3O5S. The number of aromatic nitrogens is 2. The third kappa shape index (κ3) is 6.07. The molecule has 0 radical (unpaired) electrons. The first kappa shape index (κ1) is 24.0. The summed E-state index contributed by atoms with van der Waals surface area (Å²) < 4.78 is 38.4. The fourth-order valence-electron chi connectivity index (χ4n) is 3.38. The van der Waals surface area contributed by atoms with Gasteiger partial charge in [-0.3, -0.25) is 4.79 Å². The first-order chi connectivity index (χ1) is 16.8. The van der Waals surface area contributed by atoms with Crippen LogP contribution in [0.3, 0.4) is 0 Å². The van der Waals surface area contributed by atoms with Gasteiger partial charge < -0.3 is 18.8 Å². The van der Waals surface area contributed by atoms with Crippen LogP contribution in [0.2, 0.25) is 0 Å². The summed E-state index contributed by atoms with van der Waals surface area (Å²) >= 11 is 0. The van der Waals surface area contributed by atoms with Crippen LogP contribution in [0.4, 0.5) is 5.69 Å². The Balaban J connectivity index is 1.41. The fourth-order valence-corrected chi connectivity index (χ4v) is 4.63. The minimum absolute atomic E-state index is 0.115. The first-order valence-corrected chi connectivity index (χ1v) is 12.3. The Morgan fingerprint density at radius 3 is 2.54 bits per heavy atom. The van der Waals surface area contributed by atoms with Gasteiger partial charge in [0.15, 0.2) is 0 Å². The maximum absolute atomic E-state index is 12.8. The van der Waals surface area contributed by atoms with Crippen molar-refractivity contribution in [1.29, 1.82) is 0 Å². The van der Waals surface area contributed by atoms with Gasteiger partial charge in [-0.2, -0.15) is 8.42 Å². The highest BCUT2D eigenvalue weighted by molar-refractivity contribution is 7.87. The molecule has 3 aromatic carbocycles. The molecule has 0 bridgehead atoms. The maximum Gasteiger partial charge on any atom is 0.339 e. The molecule has 35 heavy (non-hydrogen) atoms. The van der Waals surface area contributed by atoms with E-state index in [1.165, 1.54) is 24.3 Å². The topological polar surface area (TPSA) is 99.5 Å². The van der Waals surface area contributed by atoms with Gasteiger partial charge >= 0.3 is 10.1 Å². The second-order valence-corrected chi connectivity index (χ2v) is 9.44. The summed E-state index contributed by atoms with van der Waals surface area (Å²) in [5.74, 6) is 0.297. The summed E-state index contributed by atoms with van der Waals surface area (Å²) in [4.78, 5) is 16.9. The van der Waals surface area contributed by atoms with Crippen LogP contribution in [0.5, 0.6) is 11.5 Å². The molecule has 0 unspecified atom stereocenters. The molecule has 9 heteroatoms. The average Bonchev–Trinajstić information content (AvgIpc) is 3.35. The van der Waals surface area contributed by atoms with Gasteiger partial charge in [0, 0.05) is 18.0 Å². The summed E-state index contributed by atoms with van der Waals surface area (Å²) in [5, 5.41) is 2.84. The first-order valence-electron chi connectivity index (χ1n) is 10.9. The van der Waals surface area contributed by atoms with Crippen LogP contribution in [0, 0.1) is 13.8 Å². The quantitative estimate of drug-likeness (QED) is 0.344. The molecule has 0 aliphatic rings. The summed E-state index contributed by atoms with van der Waals surface area (Å²) in [6.45, 7) is 4.55. The lowest BCUT2D eigenvalue weighted by Crippen LogP contribution is -2.14. The van der Waals surface area contributed by atoms with Crippen LogP contribution < -0.4 is 14.2 Å². The lowest BCUT2D eigenvalue weighted by Gasteiger charge is -2.13. The number of benzene rings is 3. The predicted molar refractivity (Wildman–Crippen MR) is 132 cm³/mol. The number of nitrogens with one attached hydrogen (secondary N) is 1. The van der Waals surface area contributed by atoms with Gasteiger partial charge in [-0.15, -0.1) is 0 Å². The Hall–Kier alpha value is -4.11. The zero-order valence-corrected chi connectivity index (χ0v) is 20.2. The molecule has 0 spiro atoms. The Kier molecular flexibility index (Phi) is 7.17. The van der Waals surface area contributed by atoms with Crippen molar-refractivity contribution in [3.05, 3.63) is 102 Å². The smallest absolute Gasteiger partial charge is 0.339 e. The molecule has 1 aromatic heterocycles. The van der Waals surface area contributed by atoms with Gasteiger partial charge in [0.05, 0.1) is 18.6 Å². The lowest BCUT2D eigenvalue weighted by molar-refractivity contribution is 0.102. The highest BCUT2D eigenvalue weighted by Crippen LogP contribution is 2.26. The Morgan fingerprint density at radius 2 is 1.80 bits per heavy atom. The summed E-state index contributed by atoms with van der Waals surface area (Å²) in [5.41, 5.74) is 2.28. The van der Waals surface area contributed by atoms with E-state index in [4.69, 9.17) is 8.92 Å². The van der Waals surface area contributed by atoms with E-state index >= 15 is 0 Å². The van der Waals surface area contributed by atoms with Crippen molar-refractivity contribution >= 4 is 21.7 Å². The summed E-state index contributed by atoms with van der Waals surface area (Å²) in [6.07, 6.45) is 5.25. The predicted octanol–water partition coefficient (Wildman–Crippen LogP) is 4.60. The minimum Gasteiger partial charge on any atom is -0.490 e. The third-order valence-electron chi connectivity index (χ3n) is 5.24. The number of hydrogen-bond donors (Lipinski definition) is 1. The van der Waals surface area contributed by atoms with Gasteiger partial charge in [0.1, 0.15) is 23.0 Å². The number of nitrogens with zero attached hydrogens (tertiary/aromatic N) is 2. The number of ether oxygens (including phenoxy) is 1. The summed E-state index contributed by atoms with van der Waals surface area (Å²) in [6, 6.07) is 18.2. The van der Waals surface area contributed by atoms with Crippen LogP contribution in [-0.4, -0.2) is 30.5 Å². The van der Waals surface area contributed by atoms with Crippen LogP contribution >= 0.6 is 0 Å². The normalized spacial score (nSPS) is 11.1. The minimum atomic E-state index is -4.00. The van der Waals surface area contributed by atoms with E-state index in [0.29, 0.717) is 35.7 Å². The zero-order valence-electron chi connectivity index (χ0n) is 19.3. The third-order valence-corrected chi connectivity index (χ3v) is 6.63. The number of imidazole rings is 1. The van der Waals surface area contributed by atoms with E-state index in [0.717, 1.165) is 5.56 Å². The molecule has 1 N–H and O–H groups in total. The van der Waals surface area contributed by atoms with Crippen molar-refractivity contribution in [2.75, 3.05) is 11.9 Å². The number of rotatable bonds is 9. The molecule has 4 rings (SSSR count). The Morgan fingerprint density at radius 1 is 1.03 bits per heavy atom. The van der Waals surface area contributed by atoms with E-state index in [2.05, 4.69) is 10.3 Å². The van der Waals surface area contributed by atoms with Gasteiger partial charge in [-0.25, -0.2) is 4.98 Å². The molecule has 8 nitrogen and oxygen atoms in total. The monoisotopic (exact) mass is 491 g/mol. The number of carbonyl (C=O) groups is 1. The number of anilines is 1. The van der Waals surface area contributed by atoms with Crippen LogP contribution in [0.15, 0.2) is 90.3 Å². The fraction of sp³-hybridized carbons (Fsp3) is 0.154. The molecule has 180 valence electrons. The van der Waals surface area contributed by atoms with Gasteiger partial charge in [0.25, 0.3) is 5.91 Å². The molecule has 1 heterocycles. The van der Waals surface area contributed by atoms with E-state index in [-0.39, 0.29) is 16.6 Å². The molecule has 0 aliphatic carbocycles. The van der Waals surface area contributed by atoms with Crippen molar-refractivity contribution in [2.45, 2.75) is 25.3 Å². The maximum atomic E-state index is 12.8. The van der Waals surface area contributed by atoms with Gasteiger partial charge in [-0.05, 0) is 67.4 Å². The SMILES string of the molecule is Cc1ccc(C)c(S(=O)(=O)Oc2ccc(C(=O)Nc3ccccc3OCCn3ccnc3)cc2)c1.